The summed E-state index contributed by atoms with van der Waals surface area (Å²) in [6.07, 6.45) is 0.835. The van der Waals surface area contributed by atoms with Crippen LogP contribution >= 0.6 is 0 Å². The summed E-state index contributed by atoms with van der Waals surface area (Å²) in [4.78, 5) is 13.4. The van der Waals surface area contributed by atoms with Gasteiger partial charge in [0.25, 0.3) is 0 Å². The molecule has 6 nitrogen and oxygen atoms in total. The van der Waals surface area contributed by atoms with Gasteiger partial charge in [0, 0.05) is 25.2 Å². The van der Waals surface area contributed by atoms with E-state index in [9.17, 15) is 15.2 Å². The number of methoxy groups -OCH3 is 1. The number of nitro groups is 1. The molecule has 3 aromatic rings. The van der Waals surface area contributed by atoms with E-state index in [2.05, 4.69) is 30.0 Å². The largest absolute Gasteiger partial charge is 0.490 e. The van der Waals surface area contributed by atoms with Crippen LogP contribution in [0.1, 0.15) is 35.2 Å². The first-order valence-electron chi connectivity index (χ1n) is 9.72. The smallest absolute Gasteiger partial charge is 0.311 e. The van der Waals surface area contributed by atoms with Crippen LogP contribution in [-0.2, 0) is 19.6 Å². The van der Waals surface area contributed by atoms with Crippen LogP contribution in [0.4, 0.5) is 5.69 Å². The van der Waals surface area contributed by atoms with E-state index < -0.39 is 0 Å². The van der Waals surface area contributed by atoms with E-state index in [1.807, 2.05) is 24.3 Å². The molecule has 150 valence electrons. The van der Waals surface area contributed by atoms with Gasteiger partial charge in [-0.25, -0.2) is 0 Å². The molecule has 1 heterocycles. The SMILES string of the molecule is COc1cc2c(cc1[N+](=O)[O-])C(C)N(Cc1ccc3cc(CO)ccc3c1)CC2. The summed E-state index contributed by atoms with van der Waals surface area (Å²) in [6.45, 7) is 3.80. The van der Waals surface area contributed by atoms with E-state index in [1.54, 1.807) is 6.07 Å². The monoisotopic (exact) mass is 392 g/mol. The maximum absolute atomic E-state index is 11.4. The van der Waals surface area contributed by atoms with Crippen molar-refractivity contribution in [2.45, 2.75) is 32.5 Å². The van der Waals surface area contributed by atoms with E-state index in [4.69, 9.17) is 4.74 Å². The van der Waals surface area contributed by atoms with E-state index in [0.717, 1.165) is 47.0 Å². The van der Waals surface area contributed by atoms with Gasteiger partial charge >= 0.3 is 5.69 Å². The summed E-state index contributed by atoms with van der Waals surface area (Å²) in [5.41, 5.74) is 4.24. The zero-order valence-electron chi connectivity index (χ0n) is 16.6. The number of aliphatic hydroxyl groups excluding tert-OH is 1. The van der Waals surface area contributed by atoms with Gasteiger partial charge in [0.15, 0.2) is 5.75 Å². The Morgan fingerprint density at radius 1 is 1.14 bits per heavy atom. The zero-order chi connectivity index (χ0) is 20.5. The predicted octanol–water partition coefficient (Wildman–Crippen LogP) is 4.37. The van der Waals surface area contributed by atoms with Crippen LogP contribution in [0.15, 0.2) is 48.5 Å². The molecule has 1 aliphatic rings. The Morgan fingerprint density at radius 3 is 2.48 bits per heavy atom. The number of nitro benzene ring substituents is 1. The van der Waals surface area contributed by atoms with Crippen molar-refractivity contribution in [2.75, 3.05) is 13.7 Å². The second kappa shape index (κ2) is 7.81. The van der Waals surface area contributed by atoms with Crippen LogP contribution in [0.3, 0.4) is 0 Å². The van der Waals surface area contributed by atoms with Crippen LogP contribution in [0.2, 0.25) is 0 Å². The van der Waals surface area contributed by atoms with Gasteiger partial charge in [-0.15, -0.1) is 0 Å². The van der Waals surface area contributed by atoms with E-state index >= 15 is 0 Å². The summed E-state index contributed by atoms with van der Waals surface area (Å²) in [5, 5.41) is 23.0. The third kappa shape index (κ3) is 3.69. The molecule has 0 saturated heterocycles. The third-order valence-corrected chi connectivity index (χ3v) is 5.84. The minimum absolute atomic E-state index is 0.0188. The van der Waals surface area contributed by atoms with Crippen LogP contribution < -0.4 is 4.74 Å². The van der Waals surface area contributed by atoms with Crippen molar-refractivity contribution in [3.05, 3.63) is 80.9 Å². The summed E-state index contributed by atoms with van der Waals surface area (Å²) < 4.78 is 5.22. The Morgan fingerprint density at radius 2 is 1.83 bits per heavy atom. The molecule has 0 radical (unpaired) electrons. The molecule has 0 spiro atoms. The first-order valence-corrected chi connectivity index (χ1v) is 9.72. The molecule has 3 aromatic carbocycles. The molecule has 0 aliphatic carbocycles. The molecule has 4 rings (SSSR count). The lowest BCUT2D eigenvalue weighted by Crippen LogP contribution is -2.33. The quantitative estimate of drug-likeness (QED) is 0.515. The number of fused-ring (bicyclic) bond motifs is 2. The molecule has 6 heteroatoms. The predicted molar refractivity (Wildman–Crippen MR) is 112 cm³/mol. The first-order chi connectivity index (χ1) is 14.0. The summed E-state index contributed by atoms with van der Waals surface area (Å²) in [6, 6.07) is 15.9. The molecule has 0 saturated carbocycles. The second-order valence-electron chi connectivity index (χ2n) is 7.55. The van der Waals surface area contributed by atoms with Crippen LogP contribution in [0.25, 0.3) is 10.8 Å². The number of benzene rings is 3. The topological polar surface area (TPSA) is 75.8 Å². The molecule has 0 bridgehead atoms. The fourth-order valence-electron chi connectivity index (χ4n) is 4.18. The van der Waals surface area contributed by atoms with Crippen LogP contribution in [0, 0.1) is 10.1 Å². The highest BCUT2D eigenvalue weighted by atomic mass is 16.6. The van der Waals surface area contributed by atoms with Crippen molar-refractivity contribution in [2.24, 2.45) is 0 Å². The molecule has 1 N–H and O–H groups in total. The highest BCUT2D eigenvalue weighted by molar-refractivity contribution is 5.83. The minimum Gasteiger partial charge on any atom is -0.490 e. The Kier molecular flexibility index (Phi) is 5.22. The molecule has 0 aromatic heterocycles. The standard InChI is InChI=1S/C23H24N2O4/c1-15-21-12-22(25(27)28)23(29-2)11-20(21)7-8-24(15)13-16-3-5-19-10-17(14-26)4-6-18(19)9-16/h3-6,9-12,15,26H,7-8,13-14H2,1-2H3. The molecule has 0 amide bonds. The lowest BCUT2D eigenvalue weighted by atomic mass is 9.92. The van der Waals surface area contributed by atoms with Gasteiger partial charge in [-0.2, -0.15) is 0 Å². The normalized spacial score (nSPS) is 16.6. The fourth-order valence-corrected chi connectivity index (χ4v) is 4.18. The summed E-state index contributed by atoms with van der Waals surface area (Å²) in [7, 11) is 1.47. The minimum atomic E-state index is -0.380. The first kappa shape index (κ1) is 19.4. The number of ether oxygens (including phenoxy) is 1. The van der Waals surface area contributed by atoms with Gasteiger partial charge in [-0.1, -0.05) is 24.3 Å². The van der Waals surface area contributed by atoms with Crippen molar-refractivity contribution < 1.29 is 14.8 Å². The molecular formula is C23H24N2O4. The van der Waals surface area contributed by atoms with Crippen molar-refractivity contribution in [1.82, 2.24) is 4.90 Å². The van der Waals surface area contributed by atoms with Gasteiger partial charge in [0.2, 0.25) is 0 Å². The maximum Gasteiger partial charge on any atom is 0.311 e. The highest BCUT2D eigenvalue weighted by Crippen LogP contribution is 2.38. The number of nitrogens with zero attached hydrogens (tertiary/aromatic N) is 2. The highest BCUT2D eigenvalue weighted by Gasteiger charge is 2.28. The zero-order valence-corrected chi connectivity index (χ0v) is 16.6. The summed E-state index contributed by atoms with van der Waals surface area (Å²) >= 11 is 0. The molecule has 1 atom stereocenters. The Balaban J connectivity index is 1.60. The number of rotatable bonds is 5. The van der Waals surface area contributed by atoms with Crippen molar-refractivity contribution >= 4 is 16.5 Å². The van der Waals surface area contributed by atoms with Gasteiger partial charge in [-0.05, 0) is 64.6 Å². The van der Waals surface area contributed by atoms with Gasteiger partial charge in [0.05, 0.1) is 18.6 Å². The van der Waals surface area contributed by atoms with Crippen molar-refractivity contribution in [1.29, 1.82) is 0 Å². The van der Waals surface area contributed by atoms with Gasteiger partial charge < -0.3 is 9.84 Å². The number of hydrogen-bond donors (Lipinski definition) is 1. The molecule has 1 unspecified atom stereocenters. The van der Waals surface area contributed by atoms with Crippen molar-refractivity contribution in [3.8, 4) is 5.75 Å². The van der Waals surface area contributed by atoms with Gasteiger partial charge in [0.1, 0.15) is 0 Å². The molecule has 0 fully saturated rings. The van der Waals surface area contributed by atoms with E-state index in [-0.39, 0.29) is 23.3 Å². The number of aliphatic hydroxyl groups is 1. The number of hydrogen-bond acceptors (Lipinski definition) is 5. The molecule has 1 aliphatic heterocycles. The average Bonchev–Trinajstić information content (AvgIpc) is 2.74. The lowest BCUT2D eigenvalue weighted by molar-refractivity contribution is -0.385. The van der Waals surface area contributed by atoms with E-state index in [0.29, 0.717) is 5.75 Å². The second-order valence-corrected chi connectivity index (χ2v) is 7.55. The van der Waals surface area contributed by atoms with Crippen LogP contribution in [-0.4, -0.2) is 28.6 Å². The summed E-state index contributed by atoms with van der Waals surface area (Å²) in [5.74, 6) is 0.325. The van der Waals surface area contributed by atoms with Gasteiger partial charge in [-0.3, -0.25) is 15.0 Å². The Labute approximate surface area is 169 Å². The average molecular weight is 392 g/mol. The third-order valence-electron chi connectivity index (χ3n) is 5.84. The van der Waals surface area contributed by atoms with E-state index in [1.165, 1.54) is 12.7 Å². The Bertz CT molecular complexity index is 1080. The Hall–Kier alpha value is -2.96. The van der Waals surface area contributed by atoms with Crippen molar-refractivity contribution in [3.63, 3.8) is 0 Å². The fraction of sp³-hybridized carbons (Fsp3) is 0.304. The molecular weight excluding hydrogens is 368 g/mol. The van der Waals surface area contributed by atoms with Crippen LogP contribution in [0.5, 0.6) is 5.75 Å². The molecule has 29 heavy (non-hydrogen) atoms. The maximum atomic E-state index is 11.4. The lowest BCUT2D eigenvalue weighted by Gasteiger charge is -2.35.